The summed E-state index contributed by atoms with van der Waals surface area (Å²) in [7, 11) is 0. The van der Waals surface area contributed by atoms with E-state index in [9.17, 15) is 0 Å². The van der Waals surface area contributed by atoms with Crippen molar-refractivity contribution in [1.29, 1.82) is 0 Å². The molecule has 1 aromatic carbocycles. The largest absolute Gasteiger partial charge is 0.0880 e. The fourth-order valence-electron chi connectivity index (χ4n) is 2.42. The second-order valence-corrected chi connectivity index (χ2v) is 4.76. The zero-order valence-electron chi connectivity index (χ0n) is 9.03. The Morgan fingerprint density at radius 3 is 2.50 bits per heavy atom. The molecule has 0 heteroatoms. The molecule has 0 spiro atoms. The molecule has 14 heavy (non-hydrogen) atoms. The van der Waals surface area contributed by atoms with E-state index in [1.807, 2.05) is 0 Å². The summed E-state index contributed by atoms with van der Waals surface area (Å²) in [4.78, 5) is 0. The number of hydrogen-bond donors (Lipinski definition) is 0. The molecule has 74 valence electrons. The predicted octanol–water partition coefficient (Wildman–Crippen LogP) is 4.15. The molecule has 1 unspecified atom stereocenters. The quantitative estimate of drug-likeness (QED) is 0.578. The van der Waals surface area contributed by atoms with Gasteiger partial charge in [-0.1, -0.05) is 56.3 Å². The van der Waals surface area contributed by atoms with Crippen LogP contribution in [0.1, 0.15) is 38.2 Å². The molecule has 0 amide bonds. The molecule has 1 aliphatic rings. The maximum Gasteiger partial charge on any atom is -0.00731 e. The van der Waals surface area contributed by atoms with Crippen molar-refractivity contribution in [2.45, 2.75) is 32.6 Å². The highest BCUT2D eigenvalue weighted by Gasteiger charge is 2.29. The minimum atomic E-state index is 0.319. The molecule has 0 saturated heterocycles. The monoisotopic (exact) mass is 186 g/mol. The van der Waals surface area contributed by atoms with Gasteiger partial charge in [0.1, 0.15) is 0 Å². The molecular weight excluding hydrogens is 168 g/mol. The van der Waals surface area contributed by atoms with Gasteiger partial charge in [0, 0.05) is 0 Å². The Labute approximate surface area is 86.7 Å². The molecule has 1 atom stereocenters. The summed E-state index contributed by atoms with van der Waals surface area (Å²) >= 11 is 0. The van der Waals surface area contributed by atoms with Crippen LogP contribution in [-0.2, 0) is 0 Å². The van der Waals surface area contributed by atoms with Gasteiger partial charge in [-0.05, 0) is 29.7 Å². The molecule has 0 heterocycles. The van der Waals surface area contributed by atoms with Crippen LogP contribution in [0, 0.1) is 5.41 Å². The average molecular weight is 186 g/mol. The fraction of sp³-hybridized carbons (Fsp3) is 0.429. The van der Waals surface area contributed by atoms with E-state index in [1.54, 1.807) is 0 Å². The maximum atomic E-state index is 2.37. The zero-order chi connectivity index (χ0) is 10.0. The van der Waals surface area contributed by atoms with Crippen LogP contribution in [0.4, 0.5) is 0 Å². The first-order valence-electron chi connectivity index (χ1n) is 5.43. The standard InChI is InChI=1S/C14H18/c1-14(2)11-7-6-10-13(14)12-8-4-3-5-9-12/h3-5,7-9,11,13H,6,10H2,1-2H3. The molecule has 0 bridgehead atoms. The van der Waals surface area contributed by atoms with Crippen LogP contribution in [0.15, 0.2) is 42.5 Å². The first kappa shape index (κ1) is 9.51. The Balaban J connectivity index is 2.31. The first-order valence-corrected chi connectivity index (χ1v) is 5.43. The molecule has 0 aliphatic heterocycles. The van der Waals surface area contributed by atoms with Crippen LogP contribution in [0.25, 0.3) is 0 Å². The van der Waals surface area contributed by atoms with E-state index < -0.39 is 0 Å². The van der Waals surface area contributed by atoms with E-state index in [0.717, 1.165) is 0 Å². The summed E-state index contributed by atoms with van der Waals surface area (Å²) in [6.07, 6.45) is 7.20. The van der Waals surface area contributed by atoms with Crippen LogP contribution >= 0.6 is 0 Å². The third-order valence-electron chi connectivity index (χ3n) is 3.27. The van der Waals surface area contributed by atoms with Crippen molar-refractivity contribution in [1.82, 2.24) is 0 Å². The summed E-state index contributed by atoms with van der Waals surface area (Å²) in [6.45, 7) is 4.67. The Kier molecular flexibility index (Phi) is 2.45. The van der Waals surface area contributed by atoms with Crippen LogP contribution < -0.4 is 0 Å². The van der Waals surface area contributed by atoms with E-state index in [1.165, 1.54) is 18.4 Å². The van der Waals surface area contributed by atoms with E-state index in [0.29, 0.717) is 11.3 Å². The van der Waals surface area contributed by atoms with Crippen molar-refractivity contribution >= 4 is 0 Å². The lowest BCUT2D eigenvalue weighted by atomic mass is 9.70. The summed E-state index contributed by atoms with van der Waals surface area (Å²) in [5, 5.41) is 0. The fourth-order valence-corrected chi connectivity index (χ4v) is 2.42. The molecule has 0 N–H and O–H groups in total. The second-order valence-electron chi connectivity index (χ2n) is 4.76. The van der Waals surface area contributed by atoms with Crippen LogP contribution in [0.3, 0.4) is 0 Å². The summed E-state index contributed by atoms with van der Waals surface area (Å²) < 4.78 is 0. The normalized spacial score (nSPS) is 24.9. The van der Waals surface area contributed by atoms with E-state index >= 15 is 0 Å². The smallest absolute Gasteiger partial charge is 0.00731 e. The first-order chi connectivity index (χ1) is 6.70. The van der Waals surface area contributed by atoms with E-state index in [2.05, 4.69) is 56.3 Å². The molecule has 1 aliphatic carbocycles. The number of hydrogen-bond acceptors (Lipinski definition) is 0. The van der Waals surface area contributed by atoms with Gasteiger partial charge in [0.25, 0.3) is 0 Å². The van der Waals surface area contributed by atoms with Gasteiger partial charge in [0.05, 0.1) is 0 Å². The Bertz CT molecular complexity index is 319. The maximum absolute atomic E-state index is 2.37. The highest BCUT2D eigenvalue weighted by atomic mass is 14.3. The van der Waals surface area contributed by atoms with Gasteiger partial charge >= 0.3 is 0 Å². The van der Waals surface area contributed by atoms with Gasteiger partial charge < -0.3 is 0 Å². The highest BCUT2D eigenvalue weighted by Crippen LogP contribution is 2.42. The Morgan fingerprint density at radius 2 is 1.86 bits per heavy atom. The van der Waals surface area contributed by atoms with Gasteiger partial charge in [0.15, 0.2) is 0 Å². The van der Waals surface area contributed by atoms with Crippen LogP contribution in [0.2, 0.25) is 0 Å². The molecule has 0 aromatic heterocycles. The van der Waals surface area contributed by atoms with Crippen LogP contribution in [-0.4, -0.2) is 0 Å². The Hall–Kier alpha value is -1.04. The highest BCUT2D eigenvalue weighted by molar-refractivity contribution is 5.25. The van der Waals surface area contributed by atoms with Crippen molar-refractivity contribution < 1.29 is 0 Å². The van der Waals surface area contributed by atoms with Crippen molar-refractivity contribution in [3.05, 3.63) is 48.0 Å². The SMILES string of the molecule is CC1(C)C=CCCC1c1ccccc1. The third kappa shape index (κ3) is 1.75. The molecule has 1 aromatic rings. The second kappa shape index (κ2) is 3.61. The minimum absolute atomic E-state index is 0.319. The number of rotatable bonds is 1. The van der Waals surface area contributed by atoms with E-state index in [4.69, 9.17) is 0 Å². The summed E-state index contributed by atoms with van der Waals surface area (Å²) in [5.74, 6) is 0.689. The lowest BCUT2D eigenvalue weighted by Crippen LogP contribution is -2.22. The molecule has 0 fully saturated rings. The van der Waals surface area contributed by atoms with Crippen molar-refractivity contribution in [3.8, 4) is 0 Å². The summed E-state index contributed by atoms with van der Waals surface area (Å²) in [6, 6.07) is 10.9. The number of allylic oxidation sites excluding steroid dienone is 2. The predicted molar refractivity (Wildman–Crippen MR) is 61.3 cm³/mol. The van der Waals surface area contributed by atoms with E-state index in [-0.39, 0.29) is 0 Å². The number of benzene rings is 1. The van der Waals surface area contributed by atoms with Gasteiger partial charge in [-0.25, -0.2) is 0 Å². The van der Waals surface area contributed by atoms with Gasteiger partial charge in [0.2, 0.25) is 0 Å². The minimum Gasteiger partial charge on any atom is -0.0880 e. The van der Waals surface area contributed by atoms with Gasteiger partial charge in [-0.15, -0.1) is 0 Å². The zero-order valence-corrected chi connectivity index (χ0v) is 9.03. The van der Waals surface area contributed by atoms with Crippen LogP contribution in [0.5, 0.6) is 0 Å². The van der Waals surface area contributed by atoms with Crippen molar-refractivity contribution in [2.75, 3.05) is 0 Å². The Morgan fingerprint density at radius 1 is 1.14 bits per heavy atom. The molecule has 2 rings (SSSR count). The summed E-state index contributed by atoms with van der Waals surface area (Å²) in [5.41, 5.74) is 1.81. The third-order valence-corrected chi connectivity index (χ3v) is 3.27. The van der Waals surface area contributed by atoms with Crippen molar-refractivity contribution in [2.24, 2.45) is 5.41 Å². The molecular formula is C14H18. The molecule has 0 radical (unpaired) electrons. The van der Waals surface area contributed by atoms with Gasteiger partial charge in [-0.2, -0.15) is 0 Å². The van der Waals surface area contributed by atoms with Crippen molar-refractivity contribution in [3.63, 3.8) is 0 Å². The topological polar surface area (TPSA) is 0 Å². The average Bonchev–Trinajstić information content (AvgIpc) is 2.18. The molecule has 0 saturated carbocycles. The lowest BCUT2D eigenvalue weighted by Gasteiger charge is -2.35. The lowest BCUT2D eigenvalue weighted by molar-refractivity contribution is 0.339. The van der Waals surface area contributed by atoms with Gasteiger partial charge in [-0.3, -0.25) is 0 Å². The molecule has 0 nitrogen and oxygen atoms in total.